The van der Waals surface area contributed by atoms with Crippen LogP contribution >= 0.6 is 0 Å². The smallest absolute Gasteiger partial charge is 0.146 e. The third kappa shape index (κ3) is 10.1. The van der Waals surface area contributed by atoms with Crippen molar-refractivity contribution in [3.8, 4) is 17.2 Å². The summed E-state index contributed by atoms with van der Waals surface area (Å²) in [7, 11) is 0. The normalized spacial score (nSPS) is 13.9. The van der Waals surface area contributed by atoms with E-state index in [1.807, 2.05) is 86.7 Å². The molecule has 0 atom stereocenters. The zero-order valence-corrected chi connectivity index (χ0v) is 32.5. The van der Waals surface area contributed by atoms with Gasteiger partial charge in [0.2, 0.25) is 0 Å². The van der Waals surface area contributed by atoms with Gasteiger partial charge in [-0.05, 0) is 64.1 Å². The molecule has 5 rings (SSSR count). The second-order valence-electron chi connectivity index (χ2n) is 15.7. The lowest BCUT2D eigenvalue weighted by Crippen LogP contribution is -2.29. The Hall–Kier alpha value is -4.43. The summed E-state index contributed by atoms with van der Waals surface area (Å²) in [6.45, 7) is 25.7. The van der Waals surface area contributed by atoms with Crippen LogP contribution in [0, 0.1) is 5.41 Å². The van der Waals surface area contributed by atoms with E-state index >= 15 is 0 Å². The molecule has 0 unspecified atom stereocenters. The molecule has 0 aliphatic heterocycles. The molecule has 8 nitrogen and oxygen atoms in total. The molecule has 4 N–H and O–H groups in total. The standard InChI is InChI=1S/C37H46N6O2.C3H8.C2H6/c1-35(2,3)23-37(7,8)27-20-25(33(44)31(22-27)42(38)39-28-14-10-9-11-15-28)18-24-19-26(36(4,5)6)21-32(34(24)45)43-40-29-16-12-13-17-30(29)41-43;1-3-2;1-2/h9-14,16-17,19-22,44-45H,15,18,23,38H2,1-8H3;3H2,1-2H3;1-2H3/b39-28-;;. The number of aromatic nitrogens is 3. The summed E-state index contributed by atoms with van der Waals surface area (Å²) in [4.78, 5) is 1.50. The number of allylic oxidation sites excluding steroid dienone is 4. The maximum Gasteiger partial charge on any atom is 0.146 e. The summed E-state index contributed by atoms with van der Waals surface area (Å²) in [6.07, 6.45) is 10.9. The van der Waals surface area contributed by atoms with E-state index in [1.54, 1.807) is 0 Å². The average Bonchev–Trinajstić information content (AvgIpc) is 3.47. The second-order valence-corrected chi connectivity index (χ2v) is 15.7. The highest BCUT2D eigenvalue weighted by Gasteiger charge is 2.30. The number of hydrogen-bond acceptors (Lipinski definition) is 7. The monoisotopic (exact) mass is 680 g/mol. The number of hydrazine groups is 1. The third-order valence-electron chi connectivity index (χ3n) is 8.19. The molecule has 0 saturated heterocycles. The van der Waals surface area contributed by atoms with Crippen molar-refractivity contribution < 1.29 is 10.2 Å². The van der Waals surface area contributed by atoms with Crippen molar-refractivity contribution >= 4 is 22.4 Å². The predicted molar refractivity (Wildman–Crippen MR) is 212 cm³/mol. The van der Waals surface area contributed by atoms with Crippen LogP contribution < -0.4 is 11.0 Å². The molecule has 0 saturated carbocycles. The van der Waals surface area contributed by atoms with Crippen LogP contribution in [0.1, 0.15) is 125 Å². The van der Waals surface area contributed by atoms with Crippen molar-refractivity contribution in [1.82, 2.24) is 15.0 Å². The average molecular weight is 681 g/mol. The van der Waals surface area contributed by atoms with Crippen LogP contribution in [0.5, 0.6) is 11.5 Å². The summed E-state index contributed by atoms with van der Waals surface area (Å²) in [5.41, 5.74) is 6.11. The SMILES string of the molecule is CC.CC(C)(C)CC(C)(C)c1cc(Cc2cc(C(C)(C)C)cc(-n3nc4ccccc4n3)c2O)c(O)c(N(N)/N=C2/C=CC=CC2)c1.CCC. The van der Waals surface area contributed by atoms with E-state index in [9.17, 15) is 10.2 Å². The summed E-state index contributed by atoms with van der Waals surface area (Å²) in [5, 5.41) is 38.7. The Bertz CT molecular complexity index is 1800. The Balaban J connectivity index is 0.00000128. The summed E-state index contributed by atoms with van der Waals surface area (Å²) < 4.78 is 0. The molecular weight excluding hydrogens is 621 g/mol. The minimum Gasteiger partial charge on any atom is -0.505 e. The second kappa shape index (κ2) is 16.5. The molecule has 0 radical (unpaired) electrons. The number of nitrogens with zero attached hydrogens (tertiary/aromatic N) is 5. The molecule has 1 heterocycles. The first kappa shape index (κ1) is 40.0. The van der Waals surface area contributed by atoms with Crippen LogP contribution in [0.3, 0.4) is 0 Å². The Morgan fingerprint density at radius 2 is 1.38 bits per heavy atom. The van der Waals surface area contributed by atoms with Gasteiger partial charge in [0.1, 0.15) is 33.9 Å². The lowest BCUT2D eigenvalue weighted by molar-refractivity contribution is 0.284. The number of hydrogen-bond donors (Lipinski definition) is 3. The Morgan fingerprint density at radius 3 is 1.90 bits per heavy atom. The summed E-state index contributed by atoms with van der Waals surface area (Å²) in [5.74, 6) is 6.62. The van der Waals surface area contributed by atoms with E-state index in [0.29, 0.717) is 28.9 Å². The zero-order valence-electron chi connectivity index (χ0n) is 32.5. The van der Waals surface area contributed by atoms with Gasteiger partial charge in [-0.15, -0.1) is 15.0 Å². The van der Waals surface area contributed by atoms with Crippen molar-refractivity contribution in [2.24, 2.45) is 16.4 Å². The molecule has 0 fully saturated rings. The molecule has 0 bridgehead atoms. The highest BCUT2D eigenvalue weighted by Crippen LogP contribution is 2.43. The van der Waals surface area contributed by atoms with Gasteiger partial charge >= 0.3 is 0 Å². The minimum absolute atomic E-state index is 0.0255. The molecule has 270 valence electrons. The first-order valence-corrected chi connectivity index (χ1v) is 17.9. The Kier molecular flexibility index (Phi) is 13.2. The van der Waals surface area contributed by atoms with Crippen molar-refractivity contribution in [2.75, 3.05) is 5.12 Å². The molecule has 1 aliphatic carbocycles. The van der Waals surface area contributed by atoms with E-state index in [0.717, 1.165) is 34.3 Å². The van der Waals surface area contributed by atoms with E-state index in [1.165, 1.54) is 16.3 Å². The molecule has 1 aliphatic rings. The van der Waals surface area contributed by atoms with Gasteiger partial charge < -0.3 is 10.2 Å². The zero-order chi connectivity index (χ0) is 37.4. The fourth-order valence-electron chi connectivity index (χ4n) is 6.15. The van der Waals surface area contributed by atoms with Crippen molar-refractivity contribution in [2.45, 2.75) is 120 Å². The van der Waals surface area contributed by atoms with Crippen molar-refractivity contribution in [3.05, 3.63) is 95.1 Å². The van der Waals surface area contributed by atoms with Crippen molar-refractivity contribution in [3.63, 3.8) is 0 Å². The number of aromatic hydroxyl groups is 2. The van der Waals surface area contributed by atoms with Gasteiger partial charge in [-0.2, -0.15) is 10.2 Å². The number of anilines is 1. The number of nitrogens with two attached hydrogens (primary N) is 1. The van der Waals surface area contributed by atoms with Gasteiger partial charge in [-0.25, -0.2) is 5.84 Å². The number of benzene rings is 3. The molecule has 1 aromatic heterocycles. The largest absolute Gasteiger partial charge is 0.505 e. The number of phenols is 2. The van der Waals surface area contributed by atoms with Crippen molar-refractivity contribution in [1.29, 1.82) is 0 Å². The number of fused-ring (bicyclic) bond motifs is 1. The fourth-order valence-corrected chi connectivity index (χ4v) is 6.15. The van der Waals surface area contributed by atoms with Crippen LogP contribution in [0.2, 0.25) is 0 Å². The summed E-state index contributed by atoms with van der Waals surface area (Å²) >= 11 is 0. The number of hydrazone groups is 1. The van der Waals surface area contributed by atoms with Crippen LogP contribution in [0.25, 0.3) is 16.7 Å². The van der Waals surface area contributed by atoms with Gasteiger partial charge in [0, 0.05) is 24.0 Å². The number of rotatable bonds is 7. The van der Waals surface area contributed by atoms with Crippen LogP contribution in [0.4, 0.5) is 5.69 Å². The molecule has 3 aromatic carbocycles. The Morgan fingerprint density at radius 1 is 0.820 bits per heavy atom. The predicted octanol–water partition coefficient (Wildman–Crippen LogP) is 10.4. The van der Waals surface area contributed by atoms with E-state index < -0.39 is 0 Å². The van der Waals surface area contributed by atoms with Gasteiger partial charge in [0.05, 0.1) is 5.71 Å². The quantitative estimate of drug-likeness (QED) is 0.132. The maximum absolute atomic E-state index is 11.7. The van der Waals surface area contributed by atoms with Crippen LogP contribution in [-0.2, 0) is 17.3 Å². The van der Waals surface area contributed by atoms with Crippen LogP contribution in [-0.4, -0.2) is 30.9 Å². The van der Waals surface area contributed by atoms with Gasteiger partial charge in [-0.3, -0.25) is 0 Å². The molecule has 0 spiro atoms. The molecule has 4 aromatic rings. The van der Waals surface area contributed by atoms with Gasteiger partial charge in [-0.1, -0.05) is 132 Å². The summed E-state index contributed by atoms with van der Waals surface area (Å²) in [6, 6.07) is 15.6. The topological polar surface area (TPSA) is 113 Å². The lowest BCUT2D eigenvalue weighted by Gasteiger charge is -2.34. The van der Waals surface area contributed by atoms with Gasteiger partial charge in [0.15, 0.2) is 0 Å². The number of phenolic OH excluding ortho intramolecular Hbond substituents is 2. The third-order valence-corrected chi connectivity index (χ3v) is 8.19. The molecule has 50 heavy (non-hydrogen) atoms. The highest BCUT2D eigenvalue weighted by molar-refractivity contribution is 5.97. The van der Waals surface area contributed by atoms with E-state index in [4.69, 9.17) is 5.84 Å². The van der Waals surface area contributed by atoms with Crippen LogP contribution in [0.15, 0.2) is 77.9 Å². The van der Waals surface area contributed by atoms with Gasteiger partial charge in [0.25, 0.3) is 0 Å². The molecule has 0 amide bonds. The molecular formula is C42H60N6O2. The maximum atomic E-state index is 11.7. The first-order valence-electron chi connectivity index (χ1n) is 17.9. The Labute approximate surface area is 300 Å². The first-order chi connectivity index (χ1) is 23.4. The minimum atomic E-state index is -0.240. The molecule has 8 heteroatoms. The fraction of sp³-hybridized carbons (Fsp3) is 0.452. The van der Waals surface area contributed by atoms with E-state index in [2.05, 4.69) is 84.5 Å². The highest BCUT2D eigenvalue weighted by atomic mass is 16.3. The lowest BCUT2D eigenvalue weighted by atomic mass is 9.72. The van der Waals surface area contributed by atoms with E-state index in [-0.39, 0.29) is 34.2 Å².